The lowest BCUT2D eigenvalue weighted by Gasteiger charge is -2.28. The van der Waals surface area contributed by atoms with Crippen LogP contribution in [0.25, 0.3) is 22.0 Å². The zero-order chi connectivity index (χ0) is 17.3. The number of nitrogens with zero attached hydrogens (tertiary/aromatic N) is 3. The lowest BCUT2D eigenvalue weighted by Crippen LogP contribution is -2.27. The van der Waals surface area contributed by atoms with Gasteiger partial charge in [-0.25, -0.2) is 4.98 Å². The van der Waals surface area contributed by atoms with E-state index in [1.54, 1.807) is 0 Å². The van der Waals surface area contributed by atoms with Crippen molar-refractivity contribution in [3.8, 4) is 17.2 Å². The highest BCUT2D eigenvalue weighted by Gasteiger charge is 2.22. The highest BCUT2D eigenvalue weighted by molar-refractivity contribution is 6.33. The standard InChI is InChI=1S/C20H18ClN3/c1-13(2)24(3)20-15-9-5-7-11-17(15)23-18(12-22)19(20)14-8-4-6-10-16(14)21/h4-11,13H,1-3H3. The number of hydrogen-bond donors (Lipinski definition) is 0. The van der Waals surface area contributed by atoms with E-state index in [4.69, 9.17) is 11.6 Å². The Labute approximate surface area is 147 Å². The SMILES string of the molecule is CC(C)N(C)c1c(-c2ccccc2Cl)c(C#N)nc2ccccc12. The lowest BCUT2D eigenvalue weighted by atomic mass is 9.97. The van der Waals surface area contributed by atoms with Gasteiger partial charge in [-0.3, -0.25) is 0 Å². The van der Waals surface area contributed by atoms with E-state index in [0.717, 1.165) is 27.7 Å². The minimum atomic E-state index is 0.267. The predicted octanol–water partition coefficient (Wildman–Crippen LogP) is 5.27. The lowest BCUT2D eigenvalue weighted by molar-refractivity contribution is 0.757. The highest BCUT2D eigenvalue weighted by atomic mass is 35.5. The third kappa shape index (κ3) is 2.70. The number of para-hydroxylation sites is 1. The van der Waals surface area contributed by atoms with Gasteiger partial charge in [0.1, 0.15) is 6.07 Å². The molecule has 0 saturated heterocycles. The van der Waals surface area contributed by atoms with Crippen LogP contribution in [-0.4, -0.2) is 18.1 Å². The molecule has 120 valence electrons. The first-order chi connectivity index (χ1) is 11.5. The summed E-state index contributed by atoms with van der Waals surface area (Å²) >= 11 is 6.44. The van der Waals surface area contributed by atoms with Crippen molar-refractivity contribution in [2.45, 2.75) is 19.9 Å². The Morgan fingerprint density at radius 2 is 1.75 bits per heavy atom. The number of anilines is 1. The summed E-state index contributed by atoms with van der Waals surface area (Å²) in [7, 11) is 2.04. The molecular formula is C20H18ClN3. The Balaban J connectivity index is 2.49. The Bertz CT molecular complexity index is 941. The number of benzene rings is 2. The third-order valence-electron chi connectivity index (χ3n) is 4.24. The van der Waals surface area contributed by atoms with E-state index in [-0.39, 0.29) is 6.04 Å². The molecule has 24 heavy (non-hydrogen) atoms. The van der Waals surface area contributed by atoms with Crippen molar-refractivity contribution in [1.82, 2.24) is 4.98 Å². The van der Waals surface area contributed by atoms with Crippen molar-refractivity contribution >= 4 is 28.2 Å². The first kappa shape index (κ1) is 16.3. The number of fused-ring (bicyclic) bond motifs is 1. The molecule has 3 aromatic rings. The molecule has 0 radical (unpaired) electrons. The molecule has 2 aromatic carbocycles. The van der Waals surface area contributed by atoms with Gasteiger partial charge >= 0.3 is 0 Å². The number of hydrogen-bond acceptors (Lipinski definition) is 3. The summed E-state index contributed by atoms with van der Waals surface area (Å²) in [5.74, 6) is 0. The smallest absolute Gasteiger partial charge is 0.151 e. The molecule has 0 atom stereocenters. The third-order valence-corrected chi connectivity index (χ3v) is 4.57. The Morgan fingerprint density at radius 3 is 2.42 bits per heavy atom. The largest absolute Gasteiger partial charge is 0.371 e. The molecule has 3 rings (SSSR count). The summed E-state index contributed by atoms with van der Waals surface area (Å²) in [5, 5.41) is 11.3. The average Bonchev–Trinajstić information content (AvgIpc) is 2.60. The minimum Gasteiger partial charge on any atom is -0.371 e. The van der Waals surface area contributed by atoms with Gasteiger partial charge in [-0.1, -0.05) is 48.0 Å². The molecular weight excluding hydrogens is 318 g/mol. The fourth-order valence-corrected chi connectivity index (χ4v) is 3.05. The van der Waals surface area contributed by atoms with Crippen molar-refractivity contribution in [2.24, 2.45) is 0 Å². The quantitative estimate of drug-likeness (QED) is 0.654. The molecule has 0 unspecified atom stereocenters. The van der Waals surface area contributed by atoms with E-state index in [9.17, 15) is 5.26 Å². The van der Waals surface area contributed by atoms with Crippen LogP contribution >= 0.6 is 11.6 Å². The monoisotopic (exact) mass is 335 g/mol. The van der Waals surface area contributed by atoms with Gasteiger partial charge in [0.15, 0.2) is 5.69 Å². The number of nitriles is 1. The second-order valence-corrected chi connectivity index (χ2v) is 6.40. The first-order valence-corrected chi connectivity index (χ1v) is 8.23. The number of aromatic nitrogens is 1. The van der Waals surface area contributed by atoms with Crippen LogP contribution in [0.3, 0.4) is 0 Å². The van der Waals surface area contributed by atoms with Gasteiger partial charge in [-0.05, 0) is 26.0 Å². The fourth-order valence-electron chi connectivity index (χ4n) is 2.82. The van der Waals surface area contributed by atoms with E-state index >= 15 is 0 Å². The fraction of sp³-hybridized carbons (Fsp3) is 0.200. The van der Waals surface area contributed by atoms with E-state index in [2.05, 4.69) is 29.8 Å². The van der Waals surface area contributed by atoms with Crippen LogP contribution in [0.1, 0.15) is 19.5 Å². The zero-order valence-electron chi connectivity index (χ0n) is 13.9. The maximum Gasteiger partial charge on any atom is 0.151 e. The molecule has 0 aliphatic carbocycles. The molecule has 0 aliphatic heterocycles. The molecule has 4 heteroatoms. The molecule has 0 aliphatic rings. The Hall–Kier alpha value is -2.57. The van der Waals surface area contributed by atoms with Crippen LogP contribution in [0.15, 0.2) is 48.5 Å². The summed E-state index contributed by atoms with van der Waals surface area (Å²) in [4.78, 5) is 6.74. The summed E-state index contributed by atoms with van der Waals surface area (Å²) in [6.45, 7) is 4.25. The van der Waals surface area contributed by atoms with Crippen molar-refractivity contribution in [3.63, 3.8) is 0 Å². The molecule has 0 spiro atoms. The number of pyridine rings is 1. The second kappa shape index (κ2) is 6.51. The molecule has 0 N–H and O–H groups in total. The van der Waals surface area contributed by atoms with Gasteiger partial charge in [-0.2, -0.15) is 5.26 Å². The summed E-state index contributed by atoms with van der Waals surface area (Å²) in [6.07, 6.45) is 0. The van der Waals surface area contributed by atoms with Crippen LogP contribution in [0.2, 0.25) is 5.02 Å². The summed E-state index contributed by atoms with van der Waals surface area (Å²) in [5.41, 5.74) is 3.81. The molecule has 0 fully saturated rings. The van der Waals surface area contributed by atoms with Crippen LogP contribution in [-0.2, 0) is 0 Å². The second-order valence-electron chi connectivity index (χ2n) is 6.00. The van der Waals surface area contributed by atoms with Crippen molar-refractivity contribution < 1.29 is 0 Å². The summed E-state index contributed by atoms with van der Waals surface area (Å²) < 4.78 is 0. The Morgan fingerprint density at radius 1 is 1.08 bits per heavy atom. The van der Waals surface area contributed by atoms with Crippen LogP contribution in [0.4, 0.5) is 5.69 Å². The normalized spacial score (nSPS) is 10.8. The average molecular weight is 336 g/mol. The van der Waals surface area contributed by atoms with Crippen molar-refractivity contribution in [2.75, 3.05) is 11.9 Å². The highest BCUT2D eigenvalue weighted by Crippen LogP contribution is 2.41. The van der Waals surface area contributed by atoms with Gasteiger partial charge < -0.3 is 4.90 Å². The maximum atomic E-state index is 9.70. The van der Waals surface area contributed by atoms with Gasteiger partial charge in [0.05, 0.1) is 11.2 Å². The van der Waals surface area contributed by atoms with Gasteiger partial charge in [0.2, 0.25) is 0 Å². The molecule has 0 saturated carbocycles. The first-order valence-electron chi connectivity index (χ1n) is 7.85. The van der Waals surface area contributed by atoms with Crippen molar-refractivity contribution in [1.29, 1.82) is 5.26 Å². The van der Waals surface area contributed by atoms with E-state index in [1.807, 2.05) is 55.6 Å². The Kier molecular flexibility index (Phi) is 4.42. The van der Waals surface area contributed by atoms with E-state index in [0.29, 0.717) is 10.7 Å². The summed E-state index contributed by atoms with van der Waals surface area (Å²) in [6, 6.07) is 18.0. The molecule has 0 amide bonds. The predicted molar refractivity (Wildman–Crippen MR) is 100 cm³/mol. The molecule has 1 aromatic heterocycles. The van der Waals surface area contributed by atoms with Crippen LogP contribution in [0.5, 0.6) is 0 Å². The zero-order valence-corrected chi connectivity index (χ0v) is 14.7. The van der Waals surface area contributed by atoms with E-state index < -0.39 is 0 Å². The van der Waals surface area contributed by atoms with Gasteiger partial charge in [0.25, 0.3) is 0 Å². The minimum absolute atomic E-state index is 0.267. The van der Waals surface area contributed by atoms with Crippen LogP contribution in [0, 0.1) is 11.3 Å². The molecule has 1 heterocycles. The molecule has 3 nitrogen and oxygen atoms in total. The van der Waals surface area contributed by atoms with Crippen LogP contribution < -0.4 is 4.90 Å². The van der Waals surface area contributed by atoms with Crippen molar-refractivity contribution in [3.05, 3.63) is 59.2 Å². The maximum absolute atomic E-state index is 9.70. The van der Waals surface area contributed by atoms with E-state index in [1.165, 1.54) is 0 Å². The molecule has 0 bridgehead atoms. The topological polar surface area (TPSA) is 39.9 Å². The number of halogens is 1. The van der Waals surface area contributed by atoms with Gasteiger partial charge in [-0.15, -0.1) is 0 Å². The number of rotatable bonds is 3. The van der Waals surface area contributed by atoms with Gasteiger partial charge in [0, 0.05) is 34.6 Å².